The summed E-state index contributed by atoms with van der Waals surface area (Å²) in [5, 5.41) is 10.2. The van der Waals surface area contributed by atoms with E-state index in [1.807, 2.05) is 6.92 Å². The smallest absolute Gasteiger partial charge is 0.321 e. The van der Waals surface area contributed by atoms with Gasteiger partial charge in [0, 0.05) is 0 Å². The Bertz CT molecular complexity index is 775. The molecule has 0 aromatic heterocycles. The summed E-state index contributed by atoms with van der Waals surface area (Å²) < 4.78 is 30.9. The summed E-state index contributed by atoms with van der Waals surface area (Å²) in [5.41, 5.74) is 0. The predicted molar refractivity (Wildman–Crippen MR) is 195 cm³/mol. The van der Waals surface area contributed by atoms with Crippen LogP contribution in [0.25, 0.3) is 0 Å². The Balaban J connectivity index is 0. The molecule has 1 N–H and O–H groups in total. The second-order valence-electron chi connectivity index (χ2n) is 13.7. The van der Waals surface area contributed by atoms with Gasteiger partial charge >= 0.3 is 11.8 Å². The van der Waals surface area contributed by atoms with E-state index >= 15 is 0 Å². The standard InChI is InChI=1S/C37H74NO3.CH4O4S/c1-5-8-10-12-14-16-18-20-22-24-26-28-30-32-36(40)38(7-3,34-35(4)39)37(41)33-31-29-27-25-23-21-19-17-15-13-11-9-6-2;1-5-6(2,3)4/h35,39H,5-34H2,1-4H3;1H3,(H,2,3,4)/q+1;/p-1. The molecule has 0 bridgehead atoms. The number of rotatable bonds is 32. The number of quaternary nitrogens is 1. The number of amides is 2. The minimum Gasteiger partial charge on any atom is -0.726 e. The molecule has 282 valence electrons. The van der Waals surface area contributed by atoms with E-state index < -0.39 is 16.5 Å². The van der Waals surface area contributed by atoms with Gasteiger partial charge in [0.1, 0.15) is 12.6 Å². The molecule has 0 aromatic carbocycles. The first kappa shape index (κ1) is 48.2. The van der Waals surface area contributed by atoms with Crippen LogP contribution in [0.5, 0.6) is 0 Å². The van der Waals surface area contributed by atoms with Crippen molar-refractivity contribution in [2.45, 2.75) is 214 Å². The van der Waals surface area contributed by atoms with Gasteiger partial charge in [-0.05, 0) is 26.7 Å². The van der Waals surface area contributed by atoms with Crippen molar-refractivity contribution >= 4 is 22.2 Å². The predicted octanol–water partition coefficient (Wildman–Crippen LogP) is 10.3. The Morgan fingerprint density at radius 3 is 1.00 bits per heavy atom. The van der Waals surface area contributed by atoms with Crippen LogP contribution < -0.4 is 0 Å². The van der Waals surface area contributed by atoms with Gasteiger partial charge in [-0.15, -0.1) is 0 Å². The molecule has 0 heterocycles. The third-order valence-corrected chi connectivity index (χ3v) is 9.67. The van der Waals surface area contributed by atoms with Crippen molar-refractivity contribution in [3.8, 4) is 0 Å². The van der Waals surface area contributed by atoms with E-state index in [4.69, 9.17) is 0 Å². The molecule has 0 aliphatic carbocycles. The Morgan fingerprint density at radius 1 is 0.574 bits per heavy atom. The summed E-state index contributed by atoms with van der Waals surface area (Å²) in [4.78, 5) is 26.7. The number of unbranched alkanes of at least 4 members (excludes halogenated alkanes) is 24. The average Bonchev–Trinajstić information content (AvgIpc) is 3.03. The Kier molecular flexibility index (Phi) is 34.5. The molecule has 1 unspecified atom stereocenters. The highest BCUT2D eigenvalue weighted by atomic mass is 32.3. The zero-order valence-corrected chi connectivity index (χ0v) is 32.4. The van der Waals surface area contributed by atoms with E-state index in [0.717, 1.165) is 32.8 Å². The van der Waals surface area contributed by atoms with Gasteiger partial charge in [-0.1, -0.05) is 168 Å². The van der Waals surface area contributed by atoms with Gasteiger partial charge in [0.05, 0.1) is 26.5 Å². The molecule has 0 spiro atoms. The van der Waals surface area contributed by atoms with E-state index in [1.54, 1.807) is 6.92 Å². The SMILES string of the molecule is CCCCCCCCCCCCCCCC(=O)[N+](CC)(CC(C)O)C(=O)CCCCCCCCCCCCCCC.COS(=O)(=O)[O-]. The highest BCUT2D eigenvalue weighted by Gasteiger charge is 2.42. The van der Waals surface area contributed by atoms with Crippen LogP contribution in [-0.4, -0.2) is 60.7 Å². The Hall–Kier alpha value is -0.870. The van der Waals surface area contributed by atoms with Crippen molar-refractivity contribution in [2.24, 2.45) is 0 Å². The number of imide groups is 1. The first-order valence-electron chi connectivity index (χ1n) is 19.6. The molecule has 2 amide bonds. The van der Waals surface area contributed by atoms with Crippen LogP contribution in [0.2, 0.25) is 0 Å². The summed E-state index contributed by atoms with van der Waals surface area (Å²) in [6.07, 6.45) is 33.5. The molecule has 0 saturated heterocycles. The summed E-state index contributed by atoms with van der Waals surface area (Å²) >= 11 is 0. The van der Waals surface area contributed by atoms with Crippen LogP contribution in [0, 0.1) is 0 Å². The van der Waals surface area contributed by atoms with Crippen molar-refractivity contribution in [1.29, 1.82) is 0 Å². The quantitative estimate of drug-likeness (QED) is 0.0322. The lowest BCUT2D eigenvalue weighted by atomic mass is 10.0. The highest BCUT2D eigenvalue weighted by molar-refractivity contribution is 7.80. The Labute approximate surface area is 291 Å². The van der Waals surface area contributed by atoms with Crippen LogP contribution >= 0.6 is 0 Å². The molecule has 0 radical (unpaired) electrons. The largest absolute Gasteiger partial charge is 0.726 e. The Morgan fingerprint density at radius 2 is 0.809 bits per heavy atom. The zero-order valence-electron chi connectivity index (χ0n) is 31.5. The van der Waals surface area contributed by atoms with Crippen molar-refractivity contribution in [3.05, 3.63) is 0 Å². The lowest BCUT2D eigenvalue weighted by molar-refractivity contribution is -0.781. The molecule has 0 aromatic rings. The average molecular weight is 692 g/mol. The first-order chi connectivity index (χ1) is 22.5. The third-order valence-electron chi connectivity index (χ3n) is 9.26. The molecule has 8 nitrogen and oxygen atoms in total. The topological polar surface area (TPSA) is 121 Å². The molecule has 9 heteroatoms. The summed E-state index contributed by atoms with van der Waals surface area (Å²) in [5.74, 6) is 0.0485. The van der Waals surface area contributed by atoms with Crippen molar-refractivity contribution in [1.82, 2.24) is 0 Å². The van der Waals surface area contributed by atoms with Gasteiger partial charge < -0.3 is 9.66 Å². The van der Waals surface area contributed by atoms with E-state index in [-0.39, 0.29) is 22.8 Å². The number of nitrogens with zero attached hydrogens (tertiary/aromatic N) is 1. The van der Waals surface area contributed by atoms with Crippen molar-refractivity contribution < 1.29 is 36.3 Å². The molecule has 47 heavy (non-hydrogen) atoms. The monoisotopic (exact) mass is 692 g/mol. The van der Waals surface area contributed by atoms with Gasteiger partial charge in [0.15, 0.2) is 0 Å². The van der Waals surface area contributed by atoms with E-state index in [0.29, 0.717) is 19.4 Å². The van der Waals surface area contributed by atoms with Crippen LogP contribution in [0.3, 0.4) is 0 Å². The molecular formula is C38H77NO7S. The van der Waals surface area contributed by atoms with Crippen LogP contribution in [0.1, 0.15) is 207 Å². The fourth-order valence-corrected chi connectivity index (χ4v) is 6.29. The van der Waals surface area contributed by atoms with Crippen LogP contribution in [-0.2, 0) is 24.2 Å². The minimum absolute atomic E-state index is 0.0242. The number of aliphatic hydroxyl groups excluding tert-OH is 1. The number of hydrogen-bond acceptors (Lipinski definition) is 7. The maximum Gasteiger partial charge on any atom is 0.321 e. The van der Waals surface area contributed by atoms with E-state index in [9.17, 15) is 27.7 Å². The van der Waals surface area contributed by atoms with Crippen LogP contribution in [0.4, 0.5) is 0 Å². The lowest BCUT2D eigenvalue weighted by Gasteiger charge is -2.33. The second-order valence-corrected chi connectivity index (χ2v) is 14.8. The number of carbonyl (C=O) groups is 2. The minimum atomic E-state index is -4.41. The fourth-order valence-electron chi connectivity index (χ4n) is 6.29. The molecule has 0 rings (SSSR count). The number of carbonyl (C=O) groups excluding carboxylic acids is 2. The maximum atomic E-state index is 13.3. The third kappa shape index (κ3) is 30.9. The fraction of sp³-hybridized carbons (Fsp3) is 0.947. The molecule has 1 atom stereocenters. The van der Waals surface area contributed by atoms with Gasteiger partial charge in [0.25, 0.3) is 0 Å². The second kappa shape index (κ2) is 33.6. The van der Waals surface area contributed by atoms with Crippen molar-refractivity contribution in [2.75, 3.05) is 20.2 Å². The zero-order chi connectivity index (χ0) is 35.7. The van der Waals surface area contributed by atoms with Gasteiger partial charge in [-0.2, -0.15) is 4.48 Å². The van der Waals surface area contributed by atoms with Gasteiger partial charge in [0.2, 0.25) is 10.4 Å². The number of likely N-dealkylation sites (N-methyl/N-ethyl adjacent to an activating group) is 1. The number of aliphatic hydroxyl groups is 1. The maximum absolute atomic E-state index is 13.3. The summed E-state index contributed by atoms with van der Waals surface area (Å²) in [6.45, 7) is 8.87. The molecule has 0 fully saturated rings. The first-order valence-corrected chi connectivity index (χ1v) is 21.0. The highest BCUT2D eigenvalue weighted by Crippen LogP contribution is 2.20. The van der Waals surface area contributed by atoms with Gasteiger partial charge in [-0.3, -0.25) is 4.18 Å². The van der Waals surface area contributed by atoms with Crippen molar-refractivity contribution in [3.63, 3.8) is 0 Å². The molecule has 0 aliphatic rings. The lowest BCUT2D eigenvalue weighted by Crippen LogP contribution is -2.59. The van der Waals surface area contributed by atoms with E-state index in [1.165, 1.54) is 141 Å². The normalized spacial score (nSPS) is 12.5. The summed E-state index contributed by atoms with van der Waals surface area (Å²) in [7, 11) is -3.60. The van der Waals surface area contributed by atoms with E-state index in [2.05, 4.69) is 18.0 Å². The van der Waals surface area contributed by atoms with Crippen LogP contribution in [0.15, 0.2) is 0 Å². The number of hydrogen-bond donors (Lipinski definition) is 1. The molecular weight excluding hydrogens is 614 g/mol. The molecule has 0 aliphatic heterocycles. The van der Waals surface area contributed by atoms with Gasteiger partial charge in [-0.25, -0.2) is 18.0 Å². The molecule has 0 saturated carbocycles. The summed E-state index contributed by atoms with van der Waals surface area (Å²) in [6, 6.07) is 0.